The summed E-state index contributed by atoms with van der Waals surface area (Å²) in [6, 6.07) is 3.49. The molecule has 1 heterocycles. The molecule has 1 unspecified atom stereocenters. The number of hydrogen-bond acceptors (Lipinski definition) is 8. The molecule has 0 radical (unpaired) electrons. The second-order valence-corrected chi connectivity index (χ2v) is 7.68. The van der Waals surface area contributed by atoms with Gasteiger partial charge in [0, 0.05) is 35.9 Å². The van der Waals surface area contributed by atoms with Crippen LogP contribution in [0.1, 0.15) is 26.2 Å². The third kappa shape index (κ3) is 6.10. The third-order valence-electron chi connectivity index (χ3n) is 4.65. The number of nitrogens with one attached hydrogen (secondary N) is 1. The van der Waals surface area contributed by atoms with Crippen LogP contribution in [0.25, 0.3) is 0 Å². The fourth-order valence-electron chi connectivity index (χ4n) is 3.04. The molecule has 1 aromatic carbocycles. The molecule has 1 fully saturated rings. The number of rotatable bonds is 11. The Bertz CT molecular complexity index is 604. The smallest absolute Gasteiger partial charge is 0.324 e. The highest BCUT2D eigenvalue weighted by molar-refractivity contribution is 7.99. The Hall–Kier alpha value is -1.80. The van der Waals surface area contributed by atoms with Gasteiger partial charge >= 0.3 is 5.97 Å². The van der Waals surface area contributed by atoms with Crippen molar-refractivity contribution in [3.63, 3.8) is 0 Å². The molecule has 7 nitrogen and oxygen atoms in total. The summed E-state index contributed by atoms with van der Waals surface area (Å²) >= 11 is 1.79. The van der Waals surface area contributed by atoms with Crippen LogP contribution >= 0.6 is 11.8 Å². The Morgan fingerprint density at radius 2 is 1.89 bits per heavy atom. The molecule has 1 atom stereocenters. The molecule has 0 aliphatic carbocycles. The van der Waals surface area contributed by atoms with Crippen LogP contribution in [0.15, 0.2) is 12.1 Å². The second kappa shape index (κ2) is 11.9. The van der Waals surface area contributed by atoms with Gasteiger partial charge in [0.1, 0.15) is 6.04 Å². The number of carbonyl (C=O) groups excluding carboxylic acids is 1. The van der Waals surface area contributed by atoms with Gasteiger partial charge in [-0.1, -0.05) is 19.8 Å². The van der Waals surface area contributed by atoms with Crippen molar-refractivity contribution in [1.29, 1.82) is 0 Å². The molecule has 0 bridgehead atoms. The molecule has 0 saturated carbocycles. The standard InChI is InChI=1S/C20H32N2O5S/c1-5-6-7-9-27-20(23)16-13-28-10-8-22(16)14-21-15-11-17(24-2)19(26-4)18(12-15)25-3/h11-12,16,21H,5-10,13-14H2,1-4H3. The van der Waals surface area contributed by atoms with E-state index in [2.05, 4.69) is 17.1 Å². The quantitative estimate of drug-likeness (QED) is 0.439. The minimum absolute atomic E-state index is 0.130. The Labute approximate surface area is 172 Å². The first-order valence-electron chi connectivity index (χ1n) is 9.66. The molecule has 0 spiro atoms. The summed E-state index contributed by atoms with van der Waals surface area (Å²) in [5, 5.41) is 3.37. The largest absolute Gasteiger partial charge is 0.493 e. The summed E-state index contributed by atoms with van der Waals surface area (Å²) in [5.74, 6) is 3.35. The van der Waals surface area contributed by atoms with E-state index >= 15 is 0 Å². The summed E-state index contributed by atoms with van der Waals surface area (Å²) in [6.07, 6.45) is 3.12. The summed E-state index contributed by atoms with van der Waals surface area (Å²) in [7, 11) is 4.76. The zero-order valence-electron chi connectivity index (χ0n) is 17.3. The molecular formula is C20H32N2O5S. The maximum Gasteiger partial charge on any atom is 0.324 e. The van der Waals surface area contributed by atoms with Crippen molar-refractivity contribution in [2.24, 2.45) is 0 Å². The number of nitrogens with zero attached hydrogens (tertiary/aromatic N) is 1. The van der Waals surface area contributed by atoms with Crippen molar-refractivity contribution in [1.82, 2.24) is 4.90 Å². The number of carbonyl (C=O) groups is 1. The fourth-order valence-corrected chi connectivity index (χ4v) is 4.14. The van der Waals surface area contributed by atoms with Gasteiger partial charge in [-0.25, -0.2) is 0 Å². The van der Waals surface area contributed by atoms with E-state index in [1.165, 1.54) is 0 Å². The van der Waals surface area contributed by atoms with Crippen LogP contribution in [-0.2, 0) is 9.53 Å². The first-order chi connectivity index (χ1) is 13.6. The zero-order chi connectivity index (χ0) is 20.4. The first-order valence-corrected chi connectivity index (χ1v) is 10.8. The van der Waals surface area contributed by atoms with Crippen LogP contribution in [0.4, 0.5) is 5.69 Å². The minimum atomic E-state index is -0.227. The molecule has 0 amide bonds. The molecule has 1 saturated heterocycles. The van der Waals surface area contributed by atoms with Crippen LogP contribution in [-0.4, -0.2) is 69.6 Å². The zero-order valence-corrected chi connectivity index (χ0v) is 18.1. The normalized spacial score (nSPS) is 17.1. The molecular weight excluding hydrogens is 380 g/mol. The summed E-state index contributed by atoms with van der Waals surface area (Å²) in [4.78, 5) is 14.6. The maximum absolute atomic E-state index is 12.5. The van der Waals surface area contributed by atoms with Gasteiger partial charge in [0.2, 0.25) is 5.75 Å². The summed E-state index contributed by atoms with van der Waals surface area (Å²) in [6.45, 7) is 4.00. The van der Waals surface area contributed by atoms with E-state index < -0.39 is 0 Å². The maximum atomic E-state index is 12.5. The highest BCUT2D eigenvalue weighted by Crippen LogP contribution is 2.39. The summed E-state index contributed by atoms with van der Waals surface area (Å²) in [5.41, 5.74) is 0.836. The van der Waals surface area contributed by atoms with E-state index in [1.807, 2.05) is 12.1 Å². The minimum Gasteiger partial charge on any atom is -0.493 e. The number of esters is 1. The number of thioether (sulfide) groups is 1. The van der Waals surface area contributed by atoms with E-state index in [4.69, 9.17) is 18.9 Å². The highest BCUT2D eigenvalue weighted by atomic mass is 32.2. The lowest BCUT2D eigenvalue weighted by Gasteiger charge is -2.34. The third-order valence-corrected chi connectivity index (χ3v) is 5.68. The van der Waals surface area contributed by atoms with Gasteiger partial charge in [-0.2, -0.15) is 11.8 Å². The molecule has 1 N–H and O–H groups in total. The molecule has 158 valence electrons. The fraction of sp³-hybridized carbons (Fsp3) is 0.650. The van der Waals surface area contributed by atoms with Gasteiger partial charge in [0.25, 0.3) is 0 Å². The van der Waals surface area contributed by atoms with Gasteiger partial charge < -0.3 is 24.3 Å². The lowest BCUT2D eigenvalue weighted by molar-refractivity contribution is -0.149. The Morgan fingerprint density at radius 3 is 2.50 bits per heavy atom. The van der Waals surface area contributed by atoms with Crippen LogP contribution in [0, 0.1) is 0 Å². The lowest BCUT2D eigenvalue weighted by atomic mass is 10.2. The summed E-state index contributed by atoms with van der Waals surface area (Å²) < 4.78 is 21.6. The van der Waals surface area contributed by atoms with Crippen LogP contribution in [0.3, 0.4) is 0 Å². The van der Waals surface area contributed by atoms with E-state index in [-0.39, 0.29) is 12.0 Å². The van der Waals surface area contributed by atoms with Gasteiger partial charge in [0.15, 0.2) is 11.5 Å². The van der Waals surface area contributed by atoms with Crippen molar-refractivity contribution in [2.45, 2.75) is 32.2 Å². The Kier molecular flexibility index (Phi) is 9.57. The van der Waals surface area contributed by atoms with Crippen LogP contribution in [0.2, 0.25) is 0 Å². The molecule has 0 aromatic heterocycles. The first kappa shape index (κ1) is 22.5. The van der Waals surface area contributed by atoms with Gasteiger partial charge in [-0.05, 0) is 6.42 Å². The van der Waals surface area contributed by atoms with E-state index in [0.717, 1.165) is 43.0 Å². The molecule has 28 heavy (non-hydrogen) atoms. The van der Waals surface area contributed by atoms with E-state index in [1.54, 1.807) is 33.1 Å². The number of methoxy groups -OCH3 is 3. The second-order valence-electron chi connectivity index (χ2n) is 6.53. The average molecular weight is 413 g/mol. The number of ether oxygens (including phenoxy) is 4. The van der Waals surface area contributed by atoms with Crippen molar-refractivity contribution in [3.05, 3.63) is 12.1 Å². The highest BCUT2D eigenvalue weighted by Gasteiger charge is 2.30. The monoisotopic (exact) mass is 412 g/mol. The molecule has 8 heteroatoms. The number of hydrogen-bond donors (Lipinski definition) is 1. The predicted octanol–water partition coefficient (Wildman–Crippen LogP) is 3.23. The topological polar surface area (TPSA) is 69.3 Å². The van der Waals surface area contributed by atoms with Crippen molar-refractivity contribution < 1.29 is 23.7 Å². The molecule has 2 rings (SSSR count). The van der Waals surface area contributed by atoms with Gasteiger partial charge in [-0.15, -0.1) is 0 Å². The number of benzene rings is 1. The number of anilines is 1. The number of unbranched alkanes of at least 4 members (excludes halogenated alkanes) is 2. The Morgan fingerprint density at radius 1 is 1.18 bits per heavy atom. The van der Waals surface area contributed by atoms with Crippen molar-refractivity contribution in [3.8, 4) is 17.2 Å². The lowest BCUT2D eigenvalue weighted by Crippen LogP contribution is -2.49. The van der Waals surface area contributed by atoms with Crippen molar-refractivity contribution >= 4 is 23.4 Å². The molecule has 1 aliphatic rings. The molecule has 1 aromatic rings. The average Bonchev–Trinajstić information content (AvgIpc) is 2.74. The van der Waals surface area contributed by atoms with E-state index in [9.17, 15) is 4.79 Å². The van der Waals surface area contributed by atoms with Gasteiger partial charge in [-0.3, -0.25) is 9.69 Å². The van der Waals surface area contributed by atoms with Crippen LogP contribution in [0.5, 0.6) is 17.2 Å². The van der Waals surface area contributed by atoms with E-state index in [0.29, 0.717) is 30.5 Å². The predicted molar refractivity (Wildman–Crippen MR) is 113 cm³/mol. The SMILES string of the molecule is CCCCCOC(=O)C1CSCCN1CNc1cc(OC)c(OC)c(OC)c1. The van der Waals surface area contributed by atoms with Crippen LogP contribution < -0.4 is 19.5 Å². The Balaban J connectivity index is 2.00. The van der Waals surface area contributed by atoms with Crippen molar-refractivity contribution in [2.75, 3.05) is 58.0 Å². The molecule has 1 aliphatic heterocycles. The van der Waals surface area contributed by atoms with Gasteiger partial charge in [0.05, 0.1) is 34.6 Å².